The fraction of sp³-hybridized carbons (Fsp3) is 0.840. The fourth-order valence-electron chi connectivity index (χ4n) is 9.96. The largest absolute Gasteiger partial charge is 0.459 e. The highest BCUT2D eigenvalue weighted by molar-refractivity contribution is 5.95. The van der Waals surface area contributed by atoms with Crippen molar-refractivity contribution in [1.29, 1.82) is 0 Å². The van der Waals surface area contributed by atoms with Gasteiger partial charge >= 0.3 is 5.97 Å². The van der Waals surface area contributed by atoms with Crippen LogP contribution in [-0.4, -0.2) is 174 Å². The van der Waals surface area contributed by atoms with Gasteiger partial charge in [-0.25, -0.2) is 0 Å². The summed E-state index contributed by atoms with van der Waals surface area (Å²) in [4.78, 5) is 52.1. The van der Waals surface area contributed by atoms with Crippen LogP contribution in [0.4, 0.5) is 0 Å². The zero-order valence-corrected chi connectivity index (χ0v) is 43.3. The second-order valence-corrected chi connectivity index (χ2v) is 20.3. The number of likely N-dealkylation sites (N-methyl/N-ethyl adjacent to an activating group) is 1. The number of Topliss-reactive ketones (excluding diaryl/α,β-unsaturated/α-hetero) is 2. The van der Waals surface area contributed by atoms with Crippen molar-refractivity contribution in [3.8, 4) is 0 Å². The van der Waals surface area contributed by atoms with Gasteiger partial charge in [0.1, 0.15) is 29.7 Å². The average Bonchev–Trinajstić information content (AvgIpc) is 4.11. The van der Waals surface area contributed by atoms with Crippen molar-refractivity contribution < 1.29 is 77.5 Å². The maximum absolute atomic E-state index is 14.2. The van der Waals surface area contributed by atoms with E-state index in [4.69, 9.17) is 43.6 Å². The molecule has 0 spiro atoms. The number of nitrogens with two attached hydrogens (primary N) is 1. The molecule has 0 aromatic heterocycles. The molecule has 6 N–H and O–H groups in total. The number of aliphatic hydroxyl groups is 4. The molecule has 0 aliphatic carbocycles. The van der Waals surface area contributed by atoms with E-state index in [9.17, 15) is 39.6 Å². The molecule has 0 radical (unpaired) electrons. The molecular formula is C50H86N2O16. The number of ether oxygens (including phenoxy) is 8. The van der Waals surface area contributed by atoms with Gasteiger partial charge in [0.2, 0.25) is 5.91 Å². The van der Waals surface area contributed by atoms with Crippen LogP contribution < -0.4 is 5.73 Å². The molecule has 0 aromatic rings. The summed E-state index contributed by atoms with van der Waals surface area (Å²) in [5.41, 5.74) is 0.754. The molecule has 4 aliphatic rings. The number of epoxide rings is 1. The van der Waals surface area contributed by atoms with Crippen LogP contribution in [0.5, 0.6) is 0 Å². The van der Waals surface area contributed by atoms with Gasteiger partial charge in [0.05, 0.1) is 47.6 Å². The van der Waals surface area contributed by atoms with Crippen molar-refractivity contribution in [3.63, 3.8) is 0 Å². The molecule has 0 unspecified atom stereocenters. The number of amides is 1. The number of primary amides is 1. The standard InChI is InChI=1S/C38H69NO13.C12H17NO3/c1-15-26-38(10,45)31(42)21(4)28(40)19(2)17-37(9,47-14)33(52-35-29(41)25(39(11)12)16-20(3)48-35)22(5)30(23(6)34(44)50-26)51-27-18-36(8,46-13)32(43)24(7)49-27;1-2-3-4-5-6-7-8-9(14)10-11(16-10)12(13)15/h19-27,29-33,35,41-43,45H,15-18H2,1-14H3;2-3,5-6,10-11H,4,7-8H2,1H3,(H2,13,15)/b;3-2+,6-5+/t19-,20-,21+,22+,23-,24+,25+,26-,27+,29-,30+,31-,32+,33-,35+,36-,37-,38-;10-,11-/m11/s1. The van der Waals surface area contributed by atoms with Crippen LogP contribution in [0.1, 0.15) is 121 Å². The molecule has 1 amide bonds. The monoisotopic (exact) mass is 971 g/mol. The van der Waals surface area contributed by atoms with Crippen molar-refractivity contribution in [2.75, 3.05) is 28.3 Å². The molecule has 20 atom stereocenters. The summed E-state index contributed by atoms with van der Waals surface area (Å²) in [6.07, 6.45) is -0.0488. The first-order chi connectivity index (χ1) is 31.7. The van der Waals surface area contributed by atoms with Gasteiger partial charge in [0, 0.05) is 50.9 Å². The third-order valence-electron chi connectivity index (χ3n) is 14.6. The lowest BCUT2D eigenvalue weighted by Crippen LogP contribution is -2.61. The maximum atomic E-state index is 14.2. The van der Waals surface area contributed by atoms with Gasteiger partial charge in [-0.1, -0.05) is 52.0 Å². The van der Waals surface area contributed by atoms with E-state index in [1.54, 1.807) is 48.5 Å². The molecule has 68 heavy (non-hydrogen) atoms. The maximum Gasteiger partial charge on any atom is 0.311 e. The van der Waals surface area contributed by atoms with E-state index in [1.165, 1.54) is 21.1 Å². The number of cyclic esters (lactones) is 1. The number of rotatable bonds is 15. The third-order valence-corrected chi connectivity index (χ3v) is 14.6. The Bertz CT molecular complexity index is 1710. The minimum absolute atomic E-state index is 0.0421. The zero-order valence-electron chi connectivity index (χ0n) is 43.3. The SMILES string of the molecule is C/C=C/C/C=C/CCC(=O)[C@H]1O[C@H]1C(N)=O.CC[C@H]1OC(=O)[C@H](C)[C@@H](O[C@H]2C[C@@](C)(OC)[C@@H](O)[C@H](C)O2)[C@H](C)[C@@H](O[C@@H]2O[C@H](C)C[C@H](N(C)C)[C@H]2O)[C@](C)(OC)C[C@@H](C)C(=O)[C@H](C)[C@@H](O)[C@]1(C)O. The fourth-order valence-corrected chi connectivity index (χ4v) is 9.96. The molecule has 4 saturated heterocycles. The minimum atomic E-state index is -1.96. The molecule has 4 rings (SSSR count). The van der Waals surface area contributed by atoms with Crippen LogP contribution in [0, 0.1) is 23.7 Å². The second kappa shape index (κ2) is 25.6. The van der Waals surface area contributed by atoms with Crippen LogP contribution in [0.15, 0.2) is 24.3 Å². The number of allylic oxidation sites excluding steroid dienone is 4. The Kier molecular flexibility index (Phi) is 22.4. The summed E-state index contributed by atoms with van der Waals surface area (Å²) in [5, 5.41) is 45.6. The van der Waals surface area contributed by atoms with E-state index >= 15 is 0 Å². The van der Waals surface area contributed by atoms with Gasteiger partial charge in [-0.05, 0) is 94.7 Å². The lowest BCUT2D eigenvalue weighted by molar-refractivity contribution is -0.319. The second-order valence-electron chi connectivity index (χ2n) is 20.3. The molecule has 0 bridgehead atoms. The normalized spacial score (nSPS) is 43.1. The number of carbonyl (C=O) groups is 4. The summed E-state index contributed by atoms with van der Waals surface area (Å²) < 4.78 is 48.7. The topological polar surface area (TPSA) is 256 Å². The Morgan fingerprint density at radius 1 is 0.853 bits per heavy atom. The summed E-state index contributed by atoms with van der Waals surface area (Å²) in [6, 6.07) is -0.283. The first kappa shape index (κ1) is 59.6. The molecule has 0 saturated carbocycles. The number of aliphatic hydroxyl groups excluding tert-OH is 3. The lowest BCUT2D eigenvalue weighted by Gasteiger charge is -2.50. The third kappa shape index (κ3) is 14.7. The van der Waals surface area contributed by atoms with E-state index in [0.29, 0.717) is 19.3 Å². The lowest BCUT2D eigenvalue weighted by atomic mass is 9.74. The number of methoxy groups -OCH3 is 2. The van der Waals surface area contributed by atoms with Gasteiger partial charge < -0.3 is 69.0 Å². The summed E-state index contributed by atoms with van der Waals surface area (Å²) in [7, 11) is 6.77. The van der Waals surface area contributed by atoms with Crippen molar-refractivity contribution in [2.45, 2.75) is 218 Å². The Hall–Kier alpha value is -2.72. The van der Waals surface area contributed by atoms with E-state index in [-0.39, 0.29) is 43.0 Å². The van der Waals surface area contributed by atoms with Gasteiger partial charge in [-0.3, -0.25) is 19.2 Å². The summed E-state index contributed by atoms with van der Waals surface area (Å²) >= 11 is 0. The molecule has 392 valence electrons. The molecule has 4 heterocycles. The number of hydrogen-bond acceptors (Lipinski definition) is 17. The predicted octanol–water partition coefficient (Wildman–Crippen LogP) is 3.55. The van der Waals surface area contributed by atoms with Gasteiger partial charge in [0.15, 0.2) is 30.6 Å². The Morgan fingerprint density at radius 3 is 2.03 bits per heavy atom. The van der Waals surface area contributed by atoms with Gasteiger partial charge in [-0.2, -0.15) is 0 Å². The number of hydrogen-bond donors (Lipinski definition) is 5. The molecular weight excluding hydrogens is 885 g/mol. The van der Waals surface area contributed by atoms with E-state index in [2.05, 4.69) is 0 Å². The quantitative estimate of drug-likeness (QED) is 0.0894. The molecule has 4 aliphatic heterocycles. The predicted molar refractivity (Wildman–Crippen MR) is 252 cm³/mol. The number of esters is 1. The highest BCUT2D eigenvalue weighted by atomic mass is 16.7. The Labute approximate surface area is 404 Å². The Morgan fingerprint density at radius 2 is 1.49 bits per heavy atom. The molecule has 4 fully saturated rings. The van der Waals surface area contributed by atoms with Gasteiger partial charge in [0.25, 0.3) is 0 Å². The van der Waals surface area contributed by atoms with Crippen LogP contribution in [0.25, 0.3) is 0 Å². The van der Waals surface area contributed by atoms with Gasteiger partial charge in [-0.15, -0.1) is 0 Å². The zero-order chi connectivity index (χ0) is 51.6. The van der Waals surface area contributed by atoms with Crippen LogP contribution in [0.2, 0.25) is 0 Å². The number of carbonyl (C=O) groups excluding carboxylic acids is 4. The van der Waals surface area contributed by atoms with E-state index in [1.807, 2.05) is 64.1 Å². The summed E-state index contributed by atoms with van der Waals surface area (Å²) in [6.45, 7) is 19.0. The van der Waals surface area contributed by atoms with E-state index in [0.717, 1.165) is 6.42 Å². The first-order valence-corrected chi connectivity index (χ1v) is 24.3. The van der Waals surface area contributed by atoms with Crippen LogP contribution in [-0.2, 0) is 57.1 Å². The van der Waals surface area contributed by atoms with Crippen molar-refractivity contribution in [3.05, 3.63) is 24.3 Å². The first-order valence-electron chi connectivity index (χ1n) is 24.3. The number of nitrogens with zero attached hydrogens (tertiary/aromatic N) is 1. The molecule has 0 aromatic carbocycles. The van der Waals surface area contributed by atoms with Crippen molar-refractivity contribution >= 4 is 23.4 Å². The van der Waals surface area contributed by atoms with Crippen LogP contribution in [0.3, 0.4) is 0 Å². The van der Waals surface area contributed by atoms with Crippen molar-refractivity contribution in [1.82, 2.24) is 4.90 Å². The average molecular weight is 971 g/mol. The molecule has 18 nitrogen and oxygen atoms in total. The van der Waals surface area contributed by atoms with E-state index < -0.39 is 120 Å². The smallest absolute Gasteiger partial charge is 0.311 e. The van der Waals surface area contributed by atoms with Crippen LogP contribution >= 0.6 is 0 Å². The minimum Gasteiger partial charge on any atom is -0.459 e. The van der Waals surface area contributed by atoms with Crippen molar-refractivity contribution in [2.24, 2.45) is 29.4 Å². The summed E-state index contributed by atoms with van der Waals surface area (Å²) in [5.74, 6) is -5.07. The number of ketones is 2. The highest BCUT2D eigenvalue weighted by Gasteiger charge is 2.54. The Balaban J connectivity index is 0.000000644. The highest BCUT2D eigenvalue weighted by Crippen LogP contribution is 2.42. The molecule has 18 heteroatoms.